The second kappa shape index (κ2) is 6.79. The maximum absolute atomic E-state index is 11.5. The van der Waals surface area contributed by atoms with Crippen molar-refractivity contribution in [1.82, 2.24) is 4.90 Å². The maximum Gasteiger partial charge on any atom is 0.232 e. The van der Waals surface area contributed by atoms with Crippen LogP contribution in [-0.2, 0) is 4.79 Å². The predicted octanol–water partition coefficient (Wildman–Crippen LogP) is 1.50. The van der Waals surface area contributed by atoms with Crippen molar-refractivity contribution in [2.24, 2.45) is 0 Å². The Balaban J connectivity index is 4.09. The van der Waals surface area contributed by atoms with Crippen LogP contribution in [0.1, 0.15) is 20.3 Å². The molecule has 0 N–H and O–H groups in total. The third kappa shape index (κ3) is 4.79. The molecule has 13 heavy (non-hydrogen) atoms. The van der Waals surface area contributed by atoms with Gasteiger partial charge in [-0.05, 0) is 20.1 Å². The van der Waals surface area contributed by atoms with Crippen molar-refractivity contribution in [2.75, 3.05) is 18.6 Å². The summed E-state index contributed by atoms with van der Waals surface area (Å²) in [4.78, 5) is 13.2. The van der Waals surface area contributed by atoms with Crippen LogP contribution in [0.2, 0.25) is 0 Å². The van der Waals surface area contributed by atoms with Crippen LogP contribution in [-0.4, -0.2) is 35.4 Å². The van der Waals surface area contributed by atoms with Crippen molar-refractivity contribution in [2.45, 2.75) is 26.3 Å². The minimum absolute atomic E-state index is 0.123. The molecule has 0 aliphatic carbocycles. The van der Waals surface area contributed by atoms with Crippen LogP contribution in [0.3, 0.4) is 0 Å². The van der Waals surface area contributed by atoms with E-state index < -0.39 is 0 Å². The van der Waals surface area contributed by atoms with Gasteiger partial charge in [0.1, 0.15) is 0 Å². The van der Waals surface area contributed by atoms with Crippen LogP contribution < -0.4 is 0 Å². The van der Waals surface area contributed by atoms with E-state index in [-0.39, 0.29) is 11.9 Å². The molecule has 0 atom stereocenters. The molecule has 0 saturated heterocycles. The van der Waals surface area contributed by atoms with E-state index in [1.807, 2.05) is 26.2 Å². The van der Waals surface area contributed by atoms with E-state index in [9.17, 15) is 4.79 Å². The highest BCUT2D eigenvalue weighted by atomic mass is 32.2. The summed E-state index contributed by atoms with van der Waals surface area (Å²) in [7, 11) is 0. The number of hydrogen-bond donors (Lipinski definition) is 0. The topological polar surface area (TPSA) is 44.1 Å². The number of rotatable bonds is 5. The van der Waals surface area contributed by atoms with E-state index in [0.29, 0.717) is 18.7 Å². The number of nitriles is 1. The van der Waals surface area contributed by atoms with E-state index in [2.05, 4.69) is 0 Å². The van der Waals surface area contributed by atoms with Crippen LogP contribution in [0.5, 0.6) is 0 Å². The summed E-state index contributed by atoms with van der Waals surface area (Å²) >= 11 is 1.51. The lowest BCUT2D eigenvalue weighted by atomic mass is 10.3. The lowest BCUT2D eigenvalue weighted by Gasteiger charge is -2.25. The second-order valence-electron chi connectivity index (χ2n) is 3.02. The molecule has 0 aromatic heterocycles. The molecule has 0 aromatic carbocycles. The lowest BCUT2D eigenvalue weighted by molar-refractivity contribution is -0.129. The highest BCUT2D eigenvalue weighted by molar-refractivity contribution is 7.99. The first kappa shape index (κ1) is 12.3. The van der Waals surface area contributed by atoms with Gasteiger partial charge in [0, 0.05) is 12.6 Å². The van der Waals surface area contributed by atoms with Gasteiger partial charge in [-0.3, -0.25) is 4.79 Å². The van der Waals surface area contributed by atoms with E-state index in [0.717, 1.165) is 0 Å². The monoisotopic (exact) mass is 200 g/mol. The van der Waals surface area contributed by atoms with E-state index >= 15 is 0 Å². The molecule has 0 radical (unpaired) electrons. The Kier molecular flexibility index (Phi) is 6.43. The molecular weight excluding hydrogens is 184 g/mol. The summed E-state index contributed by atoms with van der Waals surface area (Å²) in [6.07, 6.45) is 2.32. The molecule has 0 aromatic rings. The van der Waals surface area contributed by atoms with Gasteiger partial charge in [-0.1, -0.05) is 0 Å². The lowest BCUT2D eigenvalue weighted by Crippen LogP contribution is -2.38. The molecule has 3 nitrogen and oxygen atoms in total. The summed E-state index contributed by atoms with van der Waals surface area (Å²) in [5.41, 5.74) is 0. The van der Waals surface area contributed by atoms with Crippen LogP contribution in [0, 0.1) is 11.3 Å². The molecule has 0 fully saturated rings. The highest BCUT2D eigenvalue weighted by Crippen LogP contribution is 2.04. The Morgan fingerprint density at radius 3 is 2.62 bits per heavy atom. The quantitative estimate of drug-likeness (QED) is 0.675. The molecule has 1 amide bonds. The second-order valence-corrected chi connectivity index (χ2v) is 3.89. The van der Waals surface area contributed by atoms with Crippen molar-refractivity contribution < 1.29 is 4.79 Å². The largest absolute Gasteiger partial charge is 0.339 e. The fourth-order valence-corrected chi connectivity index (χ4v) is 1.46. The van der Waals surface area contributed by atoms with Crippen LogP contribution >= 0.6 is 11.8 Å². The summed E-state index contributed by atoms with van der Waals surface area (Å²) in [6.45, 7) is 4.48. The first-order valence-electron chi connectivity index (χ1n) is 4.28. The van der Waals surface area contributed by atoms with Crippen molar-refractivity contribution in [3.8, 4) is 6.07 Å². The smallest absolute Gasteiger partial charge is 0.232 e. The number of hydrogen-bond acceptors (Lipinski definition) is 3. The van der Waals surface area contributed by atoms with Gasteiger partial charge in [-0.15, -0.1) is 0 Å². The number of carbonyl (C=O) groups is 1. The third-order valence-corrected chi connectivity index (χ3v) is 2.21. The minimum Gasteiger partial charge on any atom is -0.339 e. The summed E-state index contributed by atoms with van der Waals surface area (Å²) < 4.78 is 0. The van der Waals surface area contributed by atoms with Crippen molar-refractivity contribution in [1.29, 1.82) is 5.26 Å². The van der Waals surface area contributed by atoms with Crippen LogP contribution in [0.4, 0.5) is 0 Å². The van der Waals surface area contributed by atoms with Gasteiger partial charge in [0.05, 0.1) is 18.2 Å². The Morgan fingerprint density at radius 1 is 1.62 bits per heavy atom. The average molecular weight is 200 g/mol. The van der Waals surface area contributed by atoms with Crippen LogP contribution in [0.25, 0.3) is 0 Å². The van der Waals surface area contributed by atoms with Crippen molar-refractivity contribution in [3.63, 3.8) is 0 Å². The predicted molar refractivity (Wildman–Crippen MR) is 55.5 cm³/mol. The average Bonchev–Trinajstić information content (AvgIpc) is 2.05. The minimum atomic E-state index is 0.123. The molecule has 0 unspecified atom stereocenters. The molecule has 0 bridgehead atoms. The Bertz CT molecular complexity index is 198. The van der Waals surface area contributed by atoms with Crippen molar-refractivity contribution >= 4 is 17.7 Å². The van der Waals surface area contributed by atoms with Gasteiger partial charge in [-0.2, -0.15) is 17.0 Å². The Hall–Kier alpha value is -0.690. The number of amides is 1. The highest BCUT2D eigenvalue weighted by Gasteiger charge is 2.15. The summed E-state index contributed by atoms with van der Waals surface area (Å²) in [6, 6.07) is 2.24. The number of thioether (sulfide) groups is 1. The summed E-state index contributed by atoms with van der Waals surface area (Å²) in [5, 5.41) is 8.42. The number of nitrogens with zero attached hydrogens (tertiary/aromatic N) is 2. The van der Waals surface area contributed by atoms with E-state index in [1.165, 1.54) is 11.8 Å². The van der Waals surface area contributed by atoms with Gasteiger partial charge < -0.3 is 4.90 Å². The Morgan fingerprint density at radius 2 is 2.23 bits per heavy atom. The van der Waals surface area contributed by atoms with E-state index in [4.69, 9.17) is 5.26 Å². The molecule has 74 valence electrons. The first-order valence-corrected chi connectivity index (χ1v) is 5.68. The first-order chi connectivity index (χ1) is 6.13. The SMILES string of the molecule is CSCC(=O)N(CCC#N)C(C)C. The zero-order valence-corrected chi connectivity index (χ0v) is 9.23. The molecule has 0 rings (SSSR count). The number of carbonyl (C=O) groups excluding carboxylic acids is 1. The summed E-state index contributed by atoms with van der Waals surface area (Å²) in [5.74, 6) is 0.626. The fourth-order valence-electron chi connectivity index (χ4n) is 1.05. The molecule has 0 spiro atoms. The molecule has 0 aliphatic rings. The van der Waals surface area contributed by atoms with E-state index in [1.54, 1.807) is 4.90 Å². The van der Waals surface area contributed by atoms with Crippen LogP contribution in [0.15, 0.2) is 0 Å². The van der Waals surface area contributed by atoms with Gasteiger partial charge in [-0.25, -0.2) is 0 Å². The Labute approximate surface area is 84.1 Å². The van der Waals surface area contributed by atoms with Gasteiger partial charge >= 0.3 is 0 Å². The maximum atomic E-state index is 11.5. The molecule has 0 saturated carbocycles. The zero-order valence-electron chi connectivity index (χ0n) is 8.41. The molecule has 0 aliphatic heterocycles. The van der Waals surface area contributed by atoms with Crippen molar-refractivity contribution in [3.05, 3.63) is 0 Å². The fraction of sp³-hybridized carbons (Fsp3) is 0.778. The standard InChI is InChI=1S/C9H16N2OS/c1-8(2)11(6-4-5-10)9(12)7-13-3/h8H,4,6-7H2,1-3H3. The molecule has 0 heterocycles. The third-order valence-electron chi connectivity index (χ3n) is 1.68. The van der Waals surface area contributed by atoms with Gasteiger partial charge in [0.25, 0.3) is 0 Å². The van der Waals surface area contributed by atoms with Gasteiger partial charge in [0.15, 0.2) is 0 Å². The zero-order chi connectivity index (χ0) is 10.3. The van der Waals surface area contributed by atoms with Gasteiger partial charge in [0.2, 0.25) is 5.91 Å². The molecular formula is C9H16N2OS. The molecule has 4 heteroatoms. The normalized spacial score (nSPS) is 9.77.